The van der Waals surface area contributed by atoms with Crippen molar-refractivity contribution in [1.29, 1.82) is 0 Å². The standard InChI is InChI=1S/C24H27N3O5/c1-16-11-26(12-17(2)32-16)13-18-7-9-19(10-8-18)24(30)31-15-23(29)27-14-22(28)25-20-5-3-4-6-21(20)27/h3-10,16-17H,11-15H2,1-2H3,(H,25,28). The monoisotopic (exact) mass is 437 g/mol. The number of para-hydroxylation sites is 2. The van der Waals surface area contributed by atoms with E-state index in [0.29, 0.717) is 16.9 Å². The Labute approximate surface area is 187 Å². The van der Waals surface area contributed by atoms with Gasteiger partial charge in [0, 0.05) is 19.6 Å². The minimum absolute atomic E-state index is 0.110. The van der Waals surface area contributed by atoms with Crippen LogP contribution in [0.1, 0.15) is 29.8 Å². The number of nitrogens with zero attached hydrogens (tertiary/aromatic N) is 2. The third-order valence-corrected chi connectivity index (χ3v) is 5.49. The summed E-state index contributed by atoms with van der Waals surface area (Å²) >= 11 is 0. The van der Waals surface area contributed by atoms with E-state index in [0.717, 1.165) is 25.2 Å². The van der Waals surface area contributed by atoms with Crippen LogP contribution in [-0.4, -0.2) is 61.1 Å². The number of fused-ring (bicyclic) bond motifs is 1. The van der Waals surface area contributed by atoms with Gasteiger partial charge in [-0.3, -0.25) is 19.4 Å². The van der Waals surface area contributed by atoms with E-state index in [1.54, 1.807) is 36.4 Å². The molecule has 168 valence electrons. The number of esters is 1. The number of morpholine rings is 1. The molecule has 1 N–H and O–H groups in total. The van der Waals surface area contributed by atoms with E-state index >= 15 is 0 Å². The highest BCUT2D eigenvalue weighted by Crippen LogP contribution is 2.28. The molecule has 2 aliphatic heterocycles. The van der Waals surface area contributed by atoms with Crippen LogP contribution in [0.4, 0.5) is 11.4 Å². The summed E-state index contributed by atoms with van der Waals surface area (Å²) in [7, 11) is 0. The quantitative estimate of drug-likeness (QED) is 0.723. The summed E-state index contributed by atoms with van der Waals surface area (Å²) in [5, 5.41) is 2.72. The number of carbonyl (C=O) groups is 3. The molecule has 0 bridgehead atoms. The lowest BCUT2D eigenvalue weighted by atomic mass is 10.1. The molecule has 0 spiro atoms. The molecule has 0 radical (unpaired) electrons. The molecule has 2 aromatic carbocycles. The Bertz CT molecular complexity index is 997. The second-order valence-electron chi connectivity index (χ2n) is 8.27. The van der Waals surface area contributed by atoms with Gasteiger partial charge in [-0.1, -0.05) is 24.3 Å². The fourth-order valence-electron chi connectivity index (χ4n) is 4.16. The molecular formula is C24H27N3O5. The summed E-state index contributed by atoms with van der Waals surface area (Å²) in [5.41, 5.74) is 2.62. The first-order valence-electron chi connectivity index (χ1n) is 10.7. The van der Waals surface area contributed by atoms with Crippen LogP contribution in [0.25, 0.3) is 0 Å². The molecule has 4 rings (SSSR count). The van der Waals surface area contributed by atoms with E-state index in [1.807, 2.05) is 12.1 Å². The summed E-state index contributed by atoms with van der Waals surface area (Å²) in [6.07, 6.45) is 0.395. The molecule has 8 nitrogen and oxygen atoms in total. The SMILES string of the molecule is CC1CN(Cc2ccc(C(=O)OCC(=O)N3CC(=O)Nc4ccccc43)cc2)CC(C)O1. The number of hydrogen-bond acceptors (Lipinski definition) is 6. The fourth-order valence-corrected chi connectivity index (χ4v) is 4.16. The van der Waals surface area contributed by atoms with Gasteiger partial charge < -0.3 is 14.8 Å². The number of amides is 2. The maximum absolute atomic E-state index is 12.6. The Morgan fingerprint density at radius 1 is 1.06 bits per heavy atom. The zero-order valence-electron chi connectivity index (χ0n) is 18.2. The van der Waals surface area contributed by atoms with Gasteiger partial charge in [-0.15, -0.1) is 0 Å². The van der Waals surface area contributed by atoms with Crippen LogP contribution in [-0.2, 0) is 25.6 Å². The van der Waals surface area contributed by atoms with Crippen molar-refractivity contribution in [3.8, 4) is 0 Å². The molecule has 2 aliphatic rings. The van der Waals surface area contributed by atoms with E-state index in [9.17, 15) is 14.4 Å². The lowest BCUT2D eigenvalue weighted by molar-refractivity contribution is -0.124. The normalized spacial score (nSPS) is 20.9. The number of rotatable bonds is 5. The number of hydrogen-bond donors (Lipinski definition) is 1. The largest absolute Gasteiger partial charge is 0.452 e. The van der Waals surface area contributed by atoms with E-state index in [-0.39, 0.29) is 24.7 Å². The molecule has 2 unspecified atom stereocenters. The summed E-state index contributed by atoms with van der Waals surface area (Å²) in [5.74, 6) is -1.32. The Morgan fingerprint density at radius 3 is 2.47 bits per heavy atom. The molecule has 2 heterocycles. The molecular weight excluding hydrogens is 410 g/mol. The number of ether oxygens (including phenoxy) is 2. The molecule has 0 aliphatic carbocycles. The van der Waals surface area contributed by atoms with E-state index < -0.39 is 18.5 Å². The van der Waals surface area contributed by atoms with Crippen molar-refractivity contribution < 1.29 is 23.9 Å². The lowest BCUT2D eigenvalue weighted by Crippen LogP contribution is -2.44. The summed E-state index contributed by atoms with van der Waals surface area (Å²) in [4.78, 5) is 40.6. The van der Waals surface area contributed by atoms with Crippen LogP contribution in [0.15, 0.2) is 48.5 Å². The van der Waals surface area contributed by atoms with Crippen molar-refractivity contribution in [3.05, 3.63) is 59.7 Å². The highest BCUT2D eigenvalue weighted by Gasteiger charge is 2.27. The zero-order chi connectivity index (χ0) is 22.7. The highest BCUT2D eigenvalue weighted by atomic mass is 16.5. The lowest BCUT2D eigenvalue weighted by Gasteiger charge is -2.35. The second kappa shape index (κ2) is 9.50. The van der Waals surface area contributed by atoms with Gasteiger partial charge in [0.05, 0.1) is 29.1 Å². The van der Waals surface area contributed by atoms with Gasteiger partial charge in [-0.05, 0) is 43.7 Å². The third kappa shape index (κ3) is 5.15. The topological polar surface area (TPSA) is 88.2 Å². The van der Waals surface area contributed by atoms with Gasteiger partial charge in [-0.25, -0.2) is 4.79 Å². The van der Waals surface area contributed by atoms with E-state index in [2.05, 4.69) is 24.1 Å². The number of benzene rings is 2. The Morgan fingerprint density at radius 2 is 1.75 bits per heavy atom. The van der Waals surface area contributed by atoms with Crippen LogP contribution in [0.5, 0.6) is 0 Å². The minimum atomic E-state index is -0.576. The first kappa shape index (κ1) is 22.0. The van der Waals surface area contributed by atoms with Crippen molar-refractivity contribution in [1.82, 2.24) is 4.90 Å². The van der Waals surface area contributed by atoms with Crippen molar-refractivity contribution in [2.75, 3.05) is 36.5 Å². The molecule has 1 saturated heterocycles. The summed E-state index contributed by atoms with van der Waals surface area (Å²) in [6.45, 7) is 6.10. The van der Waals surface area contributed by atoms with Gasteiger partial charge >= 0.3 is 5.97 Å². The van der Waals surface area contributed by atoms with Gasteiger partial charge in [0.25, 0.3) is 5.91 Å². The molecule has 1 fully saturated rings. The van der Waals surface area contributed by atoms with Crippen LogP contribution < -0.4 is 10.2 Å². The fraction of sp³-hybridized carbons (Fsp3) is 0.375. The molecule has 0 aromatic heterocycles. The maximum Gasteiger partial charge on any atom is 0.338 e. The molecule has 2 aromatic rings. The van der Waals surface area contributed by atoms with E-state index in [4.69, 9.17) is 9.47 Å². The van der Waals surface area contributed by atoms with Crippen LogP contribution >= 0.6 is 0 Å². The Hall–Kier alpha value is -3.23. The minimum Gasteiger partial charge on any atom is -0.452 e. The molecule has 2 atom stereocenters. The Balaban J connectivity index is 1.32. The molecule has 32 heavy (non-hydrogen) atoms. The smallest absolute Gasteiger partial charge is 0.338 e. The average Bonchev–Trinajstić information content (AvgIpc) is 2.76. The van der Waals surface area contributed by atoms with Crippen molar-refractivity contribution in [3.63, 3.8) is 0 Å². The number of carbonyl (C=O) groups excluding carboxylic acids is 3. The van der Waals surface area contributed by atoms with Gasteiger partial charge in [0.1, 0.15) is 6.54 Å². The highest BCUT2D eigenvalue weighted by molar-refractivity contribution is 6.10. The first-order valence-corrected chi connectivity index (χ1v) is 10.7. The first-order chi connectivity index (χ1) is 15.4. The van der Waals surface area contributed by atoms with Crippen molar-refractivity contribution in [2.24, 2.45) is 0 Å². The van der Waals surface area contributed by atoms with Crippen LogP contribution in [0, 0.1) is 0 Å². The second-order valence-corrected chi connectivity index (χ2v) is 8.27. The average molecular weight is 437 g/mol. The summed E-state index contributed by atoms with van der Waals surface area (Å²) < 4.78 is 11.0. The van der Waals surface area contributed by atoms with Crippen LogP contribution in [0.2, 0.25) is 0 Å². The Kier molecular flexibility index (Phi) is 6.53. The predicted molar refractivity (Wildman–Crippen MR) is 119 cm³/mol. The van der Waals surface area contributed by atoms with Gasteiger partial charge in [0.2, 0.25) is 5.91 Å². The van der Waals surface area contributed by atoms with Crippen LogP contribution in [0.3, 0.4) is 0 Å². The van der Waals surface area contributed by atoms with Gasteiger partial charge in [-0.2, -0.15) is 0 Å². The van der Waals surface area contributed by atoms with E-state index in [1.165, 1.54) is 4.90 Å². The molecule has 2 amide bonds. The molecule has 0 saturated carbocycles. The van der Waals surface area contributed by atoms with Crippen molar-refractivity contribution in [2.45, 2.75) is 32.6 Å². The number of anilines is 2. The number of nitrogens with one attached hydrogen (secondary N) is 1. The maximum atomic E-state index is 12.6. The van der Waals surface area contributed by atoms with Crippen molar-refractivity contribution >= 4 is 29.2 Å². The third-order valence-electron chi connectivity index (χ3n) is 5.49. The molecule has 8 heteroatoms. The zero-order valence-corrected chi connectivity index (χ0v) is 18.2. The summed E-state index contributed by atoms with van der Waals surface area (Å²) in [6, 6.07) is 14.2. The predicted octanol–water partition coefficient (Wildman–Crippen LogP) is 2.44. The van der Waals surface area contributed by atoms with Gasteiger partial charge in [0.15, 0.2) is 6.61 Å².